The second kappa shape index (κ2) is 6.06. The number of nitrogens with one attached hydrogen (secondary N) is 2. The van der Waals surface area contributed by atoms with Gasteiger partial charge in [-0.1, -0.05) is 41.4 Å². The van der Waals surface area contributed by atoms with Gasteiger partial charge in [-0.3, -0.25) is 0 Å². The van der Waals surface area contributed by atoms with Crippen molar-refractivity contribution in [2.45, 2.75) is 50.8 Å². The predicted octanol–water partition coefficient (Wildman–Crippen LogP) is 4.45. The van der Waals surface area contributed by atoms with E-state index in [1.807, 2.05) is 19.9 Å². The Morgan fingerprint density at radius 2 is 2.00 bits per heavy atom. The molecule has 5 nitrogen and oxygen atoms in total. The Labute approximate surface area is 163 Å². The van der Waals surface area contributed by atoms with Gasteiger partial charge in [0.05, 0.1) is 5.02 Å². The van der Waals surface area contributed by atoms with E-state index in [0.717, 1.165) is 16.7 Å². The third-order valence-electron chi connectivity index (χ3n) is 5.26. The number of hydrogen-bond donors (Lipinski definition) is 3. The molecule has 2 atom stereocenters. The van der Waals surface area contributed by atoms with Crippen molar-refractivity contribution in [1.29, 1.82) is 0 Å². The molecule has 0 bridgehead atoms. The van der Waals surface area contributed by atoms with E-state index >= 15 is 0 Å². The van der Waals surface area contributed by atoms with Crippen LogP contribution in [-0.2, 0) is 0 Å². The van der Waals surface area contributed by atoms with E-state index in [1.54, 1.807) is 12.1 Å². The van der Waals surface area contributed by atoms with Crippen LogP contribution in [0.25, 0.3) is 0 Å². The number of urea groups is 1. The number of aryl methyl sites for hydroxylation is 1. The fraction of sp³-hybridized carbons (Fsp3) is 0.381. The molecule has 0 saturated carbocycles. The highest BCUT2D eigenvalue weighted by Gasteiger charge is 2.49. The minimum Gasteiger partial charge on any atom is -0.506 e. The highest BCUT2D eigenvalue weighted by molar-refractivity contribution is 6.32. The number of fused-ring (bicyclic) bond motifs is 1. The number of rotatable bonds is 1. The lowest BCUT2D eigenvalue weighted by Crippen LogP contribution is -2.69. The second-order valence-electron chi connectivity index (χ2n) is 8.25. The van der Waals surface area contributed by atoms with Crippen LogP contribution in [0.2, 0.25) is 5.02 Å². The number of halogens is 1. The maximum absolute atomic E-state index is 12.3. The summed E-state index contributed by atoms with van der Waals surface area (Å²) in [7, 11) is 0. The molecule has 1 saturated heterocycles. The summed E-state index contributed by atoms with van der Waals surface area (Å²) >= 11 is 6.19. The molecule has 2 unspecified atom stereocenters. The van der Waals surface area contributed by atoms with Crippen molar-refractivity contribution in [3.63, 3.8) is 0 Å². The minimum absolute atomic E-state index is 0.0130. The molecule has 4 rings (SSSR count). The summed E-state index contributed by atoms with van der Waals surface area (Å²) in [6, 6.07) is 11.4. The molecule has 142 valence electrons. The number of aromatic hydroxyl groups is 1. The van der Waals surface area contributed by atoms with Crippen molar-refractivity contribution in [2.75, 3.05) is 0 Å². The van der Waals surface area contributed by atoms with Crippen molar-refractivity contribution in [2.24, 2.45) is 0 Å². The van der Waals surface area contributed by atoms with Gasteiger partial charge in [-0.2, -0.15) is 0 Å². The summed E-state index contributed by atoms with van der Waals surface area (Å²) < 4.78 is 6.29. The SMILES string of the molecule is Cc1cccc(C2CC3(CC(C)(C)NC(=O)N3)Oc3cc(O)c(Cl)cc32)c1. The molecule has 2 aromatic rings. The minimum atomic E-state index is -0.854. The van der Waals surface area contributed by atoms with Gasteiger partial charge in [0.1, 0.15) is 11.5 Å². The van der Waals surface area contributed by atoms with E-state index in [-0.39, 0.29) is 17.7 Å². The number of carbonyl (C=O) groups is 1. The van der Waals surface area contributed by atoms with Gasteiger partial charge in [-0.05, 0) is 32.4 Å². The first-order chi connectivity index (χ1) is 12.7. The normalized spacial score (nSPS) is 25.9. The smallest absolute Gasteiger partial charge is 0.318 e. The Hall–Kier alpha value is -2.40. The first-order valence-corrected chi connectivity index (χ1v) is 9.43. The summed E-state index contributed by atoms with van der Waals surface area (Å²) in [4.78, 5) is 12.3. The van der Waals surface area contributed by atoms with Gasteiger partial charge in [0.15, 0.2) is 5.72 Å². The summed E-state index contributed by atoms with van der Waals surface area (Å²) in [6.07, 6.45) is 1.18. The lowest BCUT2D eigenvalue weighted by atomic mass is 9.77. The van der Waals surface area contributed by atoms with E-state index in [9.17, 15) is 9.90 Å². The Kier molecular flexibility index (Phi) is 4.04. The van der Waals surface area contributed by atoms with Gasteiger partial charge in [0, 0.05) is 35.9 Å². The third kappa shape index (κ3) is 3.32. The van der Waals surface area contributed by atoms with Gasteiger partial charge in [0.2, 0.25) is 0 Å². The Balaban J connectivity index is 1.85. The molecule has 27 heavy (non-hydrogen) atoms. The van der Waals surface area contributed by atoms with Gasteiger partial charge in [-0.25, -0.2) is 4.79 Å². The molecule has 0 radical (unpaired) electrons. The topological polar surface area (TPSA) is 70.6 Å². The van der Waals surface area contributed by atoms with Crippen LogP contribution in [0.15, 0.2) is 36.4 Å². The van der Waals surface area contributed by atoms with E-state index in [1.165, 1.54) is 0 Å². The molecule has 1 fully saturated rings. The molecular formula is C21H23ClN2O3. The Morgan fingerprint density at radius 1 is 1.22 bits per heavy atom. The van der Waals surface area contributed by atoms with Crippen molar-refractivity contribution < 1.29 is 14.6 Å². The molecule has 3 N–H and O–H groups in total. The lowest BCUT2D eigenvalue weighted by molar-refractivity contribution is -0.0236. The van der Waals surface area contributed by atoms with Gasteiger partial charge >= 0.3 is 6.03 Å². The highest BCUT2D eigenvalue weighted by Crippen LogP contribution is 2.49. The van der Waals surface area contributed by atoms with Crippen LogP contribution in [0.3, 0.4) is 0 Å². The Bertz CT molecular complexity index is 928. The molecule has 2 aliphatic rings. The summed E-state index contributed by atoms with van der Waals surface area (Å²) in [6.45, 7) is 6.01. The van der Waals surface area contributed by atoms with Crippen molar-refractivity contribution in [3.05, 3.63) is 58.1 Å². The second-order valence-corrected chi connectivity index (χ2v) is 8.66. The number of benzene rings is 2. The Morgan fingerprint density at radius 3 is 2.70 bits per heavy atom. The molecule has 2 aromatic carbocycles. The molecule has 0 aromatic heterocycles. The summed E-state index contributed by atoms with van der Waals surface area (Å²) in [5.74, 6) is 0.503. The van der Waals surface area contributed by atoms with Crippen molar-refractivity contribution in [1.82, 2.24) is 10.6 Å². The number of phenols is 1. The summed E-state index contributed by atoms with van der Waals surface area (Å²) in [5.41, 5.74) is 1.94. The maximum Gasteiger partial charge on any atom is 0.318 e. The van der Waals surface area contributed by atoms with Crippen molar-refractivity contribution >= 4 is 17.6 Å². The van der Waals surface area contributed by atoms with E-state index in [0.29, 0.717) is 23.6 Å². The predicted molar refractivity (Wildman–Crippen MR) is 104 cm³/mol. The zero-order valence-electron chi connectivity index (χ0n) is 15.6. The number of phenolic OH excluding ortho intramolecular Hbond substituents is 1. The van der Waals surface area contributed by atoms with E-state index in [2.05, 4.69) is 35.8 Å². The molecular weight excluding hydrogens is 364 g/mol. The van der Waals surface area contributed by atoms with Crippen LogP contribution in [-0.4, -0.2) is 22.4 Å². The molecule has 1 spiro atoms. The fourth-order valence-electron chi connectivity index (χ4n) is 4.33. The molecule has 6 heteroatoms. The summed E-state index contributed by atoms with van der Waals surface area (Å²) in [5, 5.41) is 16.3. The van der Waals surface area contributed by atoms with Crippen LogP contribution >= 0.6 is 11.6 Å². The number of hydrogen-bond acceptors (Lipinski definition) is 3. The molecule has 2 aliphatic heterocycles. The van der Waals surface area contributed by atoms with Crippen LogP contribution in [0.4, 0.5) is 4.79 Å². The highest BCUT2D eigenvalue weighted by atomic mass is 35.5. The number of carbonyl (C=O) groups excluding carboxylic acids is 1. The largest absolute Gasteiger partial charge is 0.506 e. The number of amides is 2. The maximum atomic E-state index is 12.3. The average Bonchev–Trinajstić information content (AvgIpc) is 2.54. The zero-order valence-corrected chi connectivity index (χ0v) is 16.4. The van der Waals surface area contributed by atoms with Crippen LogP contribution < -0.4 is 15.4 Å². The first-order valence-electron chi connectivity index (χ1n) is 9.05. The standard InChI is InChI=1S/C21H23ClN2O3/c1-12-5-4-6-13(7-12)15-10-21(11-20(2,3)23-19(26)24-21)27-18-9-17(25)16(22)8-14(15)18/h4-9,15,25H,10-11H2,1-3H3,(H2,23,24,26). The van der Waals surface area contributed by atoms with Crippen LogP contribution in [0, 0.1) is 6.92 Å². The molecule has 2 heterocycles. The quantitative estimate of drug-likeness (QED) is 0.678. The molecule has 0 aliphatic carbocycles. The van der Waals surface area contributed by atoms with Crippen LogP contribution in [0.5, 0.6) is 11.5 Å². The van der Waals surface area contributed by atoms with Gasteiger partial charge < -0.3 is 20.5 Å². The van der Waals surface area contributed by atoms with Gasteiger partial charge in [0.25, 0.3) is 0 Å². The molecule has 2 amide bonds. The zero-order chi connectivity index (χ0) is 19.4. The van der Waals surface area contributed by atoms with E-state index < -0.39 is 11.3 Å². The monoisotopic (exact) mass is 386 g/mol. The van der Waals surface area contributed by atoms with Crippen molar-refractivity contribution in [3.8, 4) is 11.5 Å². The fourth-order valence-corrected chi connectivity index (χ4v) is 4.50. The average molecular weight is 387 g/mol. The van der Waals surface area contributed by atoms with Gasteiger partial charge in [-0.15, -0.1) is 0 Å². The third-order valence-corrected chi connectivity index (χ3v) is 5.56. The van der Waals surface area contributed by atoms with E-state index in [4.69, 9.17) is 16.3 Å². The van der Waals surface area contributed by atoms with Crippen LogP contribution in [0.1, 0.15) is 49.3 Å². The number of ether oxygens (including phenoxy) is 1. The first kappa shape index (κ1) is 18.0. The lowest BCUT2D eigenvalue weighted by Gasteiger charge is -2.49.